The van der Waals surface area contributed by atoms with E-state index in [0.717, 1.165) is 57.8 Å². The zero-order chi connectivity index (χ0) is 40.0. The van der Waals surface area contributed by atoms with Crippen molar-refractivity contribution in [2.45, 2.75) is 187 Å². The van der Waals surface area contributed by atoms with Crippen LogP contribution in [-0.4, -0.2) is 82.3 Å². The Morgan fingerprint density at radius 2 is 1.06 bits per heavy atom. The predicted molar refractivity (Wildman–Crippen MR) is 219 cm³/mol. The molecule has 2 unspecified atom stereocenters. The van der Waals surface area contributed by atoms with E-state index in [1.807, 2.05) is 21.1 Å². The van der Waals surface area contributed by atoms with Gasteiger partial charge in [-0.25, -0.2) is 0 Å². The van der Waals surface area contributed by atoms with Gasteiger partial charge in [-0.3, -0.25) is 9.59 Å². The number of rotatable bonds is 39. The van der Waals surface area contributed by atoms with Crippen LogP contribution in [0.25, 0.3) is 0 Å². The topological polar surface area (TPSA) is 111 Å². The molecule has 0 aliphatic rings. The fourth-order valence-corrected chi connectivity index (χ4v) is 5.78. The molecule has 54 heavy (non-hydrogen) atoms. The lowest BCUT2D eigenvalue weighted by molar-refractivity contribution is -0.870. The van der Waals surface area contributed by atoms with Crippen LogP contribution in [0, 0.1) is 0 Å². The van der Waals surface area contributed by atoms with Gasteiger partial charge < -0.3 is 33.3 Å². The van der Waals surface area contributed by atoms with E-state index >= 15 is 0 Å². The number of hydrogen-bond acceptors (Lipinski definition) is 8. The van der Waals surface area contributed by atoms with Crippen molar-refractivity contribution >= 4 is 17.9 Å². The molecule has 0 aliphatic carbocycles. The van der Waals surface area contributed by atoms with Gasteiger partial charge in [0, 0.05) is 12.8 Å². The highest BCUT2D eigenvalue weighted by molar-refractivity contribution is 5.70. The van der Waals surface area contributed by atoms with Crippen LogP contribution in [0.2, 0.25) is 0 Å². The molecule has 0 fully saturated rings. The van der Waals surface area contributed by atoms with Crippen molar-refractivity contribution in [2.75, 3.05) is 47.5 Å². The van der Waals surface area contributed by atoms with E-state index < -0.39 is 24.3 Å². The van der Waals surface area contributed by atoms with Crippen LogP contribution in [-0.2, 0) is 33.3 Å². The van der Waals surface area contributed by atoms with Crippen LogP contribution in [0.3, 0.4) is 0 Å². The minimum absolute atomic E-state index is 0.142. The molecule has 0 aliphatic heterocycles. The molecule has 0 heterocycles. The van der Waals surface area contributed by atoms with E-state index in [2.05, 4.69) is 50.3 Å². The number of carboxylic acid groups (broad SMARTS) is 1. The van der Waals surface area contributed by atoms with Crippen molar-refractivity contribution in [3.05, 3.63) is 36.5 Å². The SMILES string of the molecule is CC/C=C\C/C=C\C/C=C\CCCCCC(=O)OC(COC(=O)CCCCCCCCCCCCCCCCCC)COC(OCC[N+](C)(C)C)C(=O)[O-]. The van der Waals surface area contributed by atoms with E-state index in [4.69, 9.17) is 18.9 Å². The normalized spacial score (nSPS) is 13.3. The highest BCUT2D eigenvalue weighted by Crippen LogP contribution is 2.15. The summed E-state index contributed by atoms with van der Waals surface area (Å²) in [5.74, 6) is -2.32. The third-order valence-corrected chi connectivity index (χ3v) is 9.15. The fourth-order valence-electron chi connectivity index (χ4n) is 5.78. The maximum absolute atomic E-state index is 12.7. The standard InChI is InChI=1S/C45H81NO8/c1-6-8-10-12-14-16-18-20-21-22-24-25-27-29-31-33-35-42(47)52-39-41(40-53-45(44(49)50)51-38-37-46(3,4)5)54-43(48)36-34-32-30-28-26-23-19-17-15-13-11-9-7-2/h9,11,15,17,23,26,41,45H,6-8,10,12-14,16,18-22,24-25,27-40H2,1-5H3/b11-9-,17-15-,26-23-. The van der Waals surface area contributed by atoms with Crippen LogP contribution >= 0.6 is 0 Å². The van der Waals surface area contributed by atoms with Crippen LogP contribution in [0.1, 0.15) is 174 Å². The average Bonchev–Trinajstić information content (AvgIpc) is 3.12. The predicted octanol–water partition coefficient (Wildman–Crippen LogP) is 9.72. The lowest BCUT2D eigenvalue weighted by Crippen LogP contribution is -2.44. The molecule has 0 spiro atoms. The number of hydrogen-bond donors (Lipinski definition) is 0. The van der Waals surface area contributed by atoms with Crippen molar-refractivity contribution in [3.63, 3.8) is 0 Å². The van der Waals surface area contributed by atoms with Gasteiger partial charge in [-0.2, -0.15) is 0 Å². The van der Waals surface area contributed by atoms with Crippen LogP contribution in [0.5, 0.6) is 0 Å². The van der Waals surface area contributed by atoms with E-state index in [0.29, 0.717) is 17.4 Å². The number of nitrogens with zero attached hydrogens (tertiary/aromatic N) is 1. The number of ether oxygens (including phenoxy) is 4. The molecule has 0 N–H and O–H groups in total. The van der Waals surface area contributed by atoms with Gasteiger partial charge >= 0.3 is 11.9 Å². The molecule has 0 aromatic carbocycles. The molecule has 0 aromatic heterocycles. The number of esters is 2. The molecule has 0 rings (SSSR count). The lowest BCUT2D eigenvalue weighted by Gasteiger charge is -2.26. The van der Waals surface area contributed by atoms with Gasteiger partial charge in [-0.05, 0) is 44.9 Å². The zero-order valence-corrected chi connectivity index (χ0v) is 35.3. The molecule has 9 nitrogen and oxygen atoms in total. The smallest absolute Gasteiger partial charge is 0.306 e. The molecular weight excluding hydrogens is 682 g/mol. The molecule has 0 amide bonds. The molecule has 2 atom stereocenters. The summed E-state index contributed by atoms with van der Waals surface area (Å²) in [4.78, 5) is 36.9. The Kier molecular flexibility index (Phi) is 35.7. The molecule has 0 saturated carbocycles. The summed E-state index contributed by atoms with van der Waals surface area (Å²) < 4.78 is 22.5. The second-order valence-electron chi connectivity index (χ2n) is 15.6. The second-order valence-corrected chi connectivity index (χ2v) is 15.6. The summed E-state index contributed by atoms with van der Waals surface area (Å²) in [7, 11) is 5.89. The minimum atomic E-state index is -1.62. The Morgan fingerprint density at radius 3 is 1.57 bits per heavy atom. The Morgan fingerprint density at radius 1 is 0.574 bits per heavy atom. The highest BCUT2D eigenvalue weighted by Gasteiger charge is 2.21. The maximum Gasteiger partial charge on any atom is 0.306 e. The lowest BCUT2D eigenvalue weighted by atomic mass is 10.0. The molecule has 0 saturated heterocycles. The summed E-state index contributed by atoms with van der Waals surface area (Å²) in [6.45, 7) is 4.59. The number of carbonyl (C=O) groups excluding carboxylic acids is 3. The van der Waals surface area contributed by atoms with Crippen molar-refractivity contribution in [1.82, 2.24) is 0 Å². The number of carboxylic acids is 1. The number of unbranched alkanes of at least 4 members (excludes halogenated alkanes) is 18. The van der Waals surface area contributed by atoms with Gasteiger partial charge in [-0.15, -0.1) is 0 Å². The van der Waals surface area contributed by atoms with E-state index in [1.54, 1.807) is 0 Å². The zero-order valence-electron chi connectivity index (χ0n) is 35.3. The van der Waals surface area contributed by atoms with Gasteiger partial charge in [0.05, 0.1) is 40.3 Å². The van der Waals surface area contributed by atoms with Gasteiger partial charge in [-0.1, -0.05) is 153 Å². The van der Waals surface area contributed by atoms with Crippen LogP contribution in [0.4, 0.5) is 0 Å². The number of allylic oxidation sites excluding steroid dienone is 6. The van der Waals surface area contributed by atoms with E-state index in [-0.39, 0.29) is 38.6 Å². The van der Waals surface area contributed by atoms with E-state index in [9.17, 15) is 19.5 Å². The maximum atomic E-state index is 12.7. The van der Waals surface area contributed by atoms with Gasteiger partial charge in [0.25, 0.3) is 0 Å². The first-order chi connectivity index (χ1) is 26.1. The first kappa shape index (κ1) is 51.5. The quantitative estimate of drug-likeness (QED) is 0.0200. The Bertz CT molecular complexity index is 987. The monoisotopic (exact) mass is 764 g/mol. The van der Waals surface area contributed by atoms with Crippen molar-refractivity contribution in [1.29, 1.82) is 0 Å². The van der Waals surface area contributed by atoms with Crippen molar-refractivity contribution in [3.8, 4) is 0 Å². The van der Waals surface area contributed by atoms with Crippen molar-refractivity contribution < 1.29 is 42.9 Å². The Labute approximate surface area is 330 Å². The Hall–Kier alpha value is -2.49. The Balaban J connectivity index is 4.47. The van der Waals surface area contributed by atoms with Gasteiger partial charge in [0.15, 0.2) is 12.4 Å². The summed E-state index contributed by atoms with van der Waals surface area (Å²) in [6.07, 6.45) is 37.5. The number of likely N-dealkylation sites (N-methyl/N-ethyl adjacent to an activating group) is 1. The largest absolute Gasteiger partial charge is 0.545 e. The first-order valence-electron chi connectivity index (χ1n) is 21.6. The van der Waals surface area contributed by atoms with Gasteiger partial charge in [0.1, 0.15) is 13.2 Å². The number of aliphatic carboxylic acids is 1. The third-order valence-electron chi connectivity index (χ3n) is 9.15. The number of carbonyl (C=O) groups is 3. The molecule has 0 aromatic rings. The number of quaternary nitrogens is 1. The van der Waals surface area contributed by atoms with Gasteiger partial charge in [0.2, 0.25) is 0 Å². The van der Waals surface area contributed by atoms with Crippen molar-refractivity contribution in [2.24, 2.45) is 0 Å². The molecule has 0 bridgehead atoms. The van der Waals surface area contributed by atoms with E-state index in [1.165, 1.54) is 83.5 Å². The minimum Gasteiger partial charge on any atom is -0.545 e. The summed E-state index contributed by atoms with van der Waals surface area (Å²) >= 11 is 0. The fraction of sp³-hybridized carbons (Fsp3) is 0.800. The highest BCUT2D eigenvalue weighted by atomic mass is 16.7. The first-order valence-corrected chi connectivity index (χ1v) is 21.6. The third kappa shape index (κ3) is 37.8. The molecule has 9 heteroatoms. The summed E-state index contributed by atoms with van der Waals surface area (Å²) in [5.41, 5.74) is 0. The average molecular weight is 764 g/mol. The molecular formula is C45H81NO8. The van der Waals surface area contributed by atoms with Crippen LogP contribution < -0.4 is 5.11 Å². The summed E-state index contributed by atoms with van der Waals surface area (Å²) in [6, 6.07) is 0. The molecule has 0 radical (unpaired) electrons. The van der Waals surface area contributed by atoms with Crippen LogP contribution in [0.15, 0.2) is 36.5 Å². The summed E-state index contributed by atoms with van der Waals surface area (Å²) in [5, 5.41) is 11.7. The molecule has 314 valence electrons. The second kappa shape index (κ2) is 37.4.